The third-order valence-corrected chi connectivity index (χ3v) is 12.2. The van der Waals surface area contributed by atoms with Gasteiger partial charge in [-0.3, -0.25) is 0 Å². The summed E-state index contributed by atoms with van der Waals surface area (Å²) in [5.41, 5.74) is 2.85. The van der Waals surface area contributed by atoms with Crippen LogP contribution in [-0.4, -0.2) is 118 Å². The zero-order valence-electron chi connectivity index (χ0n) is 36.5. The maximum Gasteiger partial charge on any atom is 1.00 e. The molecule has 2 unspecified atom stereocenters. The molecule has 2 fully saturated rings. The fraction of sp³-hybridized carbons (Fsp3) is 0.238. The molecule has 20 nitrogen and oxygen atoms in total. The number of para-hydroxylation sites is 1. The van der Waals surface area contributed by atoms with Crippen molar-refractivity contribution in [3.05, 3.63) is 145 Å². The molecule has 24 heteroatoms. The number of hydrogen-bond acceptors (Lipinski definition) is 20. The Morgan fingerprint density at radius 3 is 1.53 bits per heavy atom. The van der Waals surface area contributed by atoms with Gasteiger partial charge in [-0.15, -0.1) is 0 Å². The van der Waals surface area contributed by atoms with Gasteiger partial charge in [-0.2, -0.15) is 19.9 Å². The van der Waals surface area contributed by atoms with Gasteiger partial charge in [-0.05, 0) is 49.7 Å². The minimum absolute atomic E-state index is 0. The third-order valence-electron chi connectivity index (χ3n) is 10.2. The van der Waals surface area contributed by atoms with Crippen LogP contribution in [0.2, 0.25) is 0 Å². The zero-order chi connectivity index (χ0) is 44.8. The zero-order valence-corrected chi connectivity index (χ0v) is 42.1. The standard InChI is InChI=1S/C42H44N12O8S2.2Na/c1-29-11-15-32(16-12-29)49-36-23-51(19-21-61-36)53(41-45-25-43-26-46-41)35-10-6-9-34(40(64(58,59)60)39(63(55,56)57)31-7-4-3-5-8-31)38(35)54(42-47-27-44-28-48-42)52-20-22-62-37(24-52)50-33-17-13-30(2)14-18-33;;/h3-18,25-28,36-37,49-50H,19-24H2,1-2H3,(H,55,56,57)(H,58,59,60);;/q;2*+1/p-2. The summed E-state index contributed by atoms with van der Waals surface area (Å²) in [4.78, 5) is 23.5. The Morgan fingerprint density at radius 1 is 0.606 bits per heavy atom. The second kappa shape index (κ2) is 22.5. The van der Waals surface area contributed by atoms with E-state index in [1.54, 1.807) is 22.2 Å². The molecule has 0 bridgehead atoms. The number of benzene rings is 4. The number of hydrogen-bond donors (Lipinski definition) is 2. The van der Waals surface area contributed by atoms with Crippen molar-refractivity contribution in [2.75, 3.05) is 60.0 Å². The summed E-state index contributed by atoms with van der Waals surface area (Å²) in [7, 11) is -11.5. The van der Waals surface area contributed by atoms with E-state index in [9.17, 15) is 25.9 Å². The van der Waals surface area contributed by atoms with E-state index in [1.807, 2.05) is 67.4 Å². The second-order valence-electron chi connectivity index (χ2n) is 14.7. The van der Waals surface area contributed by atoms with E-state index >= 15 is 0 Å². The number of nitrogens with one attached hydrogen (secondary N) is 2. The summed E-state index contributed by atoms with van der Waals surface area (Å²) < 4.78 is 94.1. The smallest absolute Gasteiger partial charge is 0.744 e. The number of rotatable bonds is 14. The molecule has 0 radical (unpaired) electrons. The largest absolute Gasteiger partial charge is 1.00 e. The molecular weight excluding hydrogens is 911 g/mol. The van der Waals surface area contributed by atoms with Crippen LogP contribution in [0.15, 0.2) is 122 Å². The molecule has 332 valence electrons. The number of nitrogens with zero attached hydrogens (tertiary/aromatic N) is 10. The summed E-state index contributed by atoms with van der Waals surface area (Å²) in [6.45, 7) is 4.87. The van der Waals surface area contributed by atoms with E-state index < -0.39 is 48.1 Å². The predicted molar refractivity (Wildman–Crippen MR) is 235 cm³/mol. The van der Waals surface area contributed by atoms with Crippen LogP contribution in [-0.2, 0) is 29.7 Å². The van der Waals surface area contributed by atoms with Gasteiger partial charge < -0.3 is 29.2 Å². The van der Waals surface area contributed by atoms with Gasteiger partial charge in [0, 0.05) is 30.0 Å². The maximum absolute atomic E-state index is 13.8. The molecule has 0 saturated carbocycles. The van der Waals surface area contributed by atoms with Crippen molar-refractivity contribution in [1.82, 2.24) is 39.9 Å². The molecule has 4 heterocycles. The van der Waals surface area contributed by atoms with Crippen molar-refractivity contribution < 1.29 is 94.5 Å². The number of hydrazine groups is 2. The van der Waals surface area contributed by atoms with Crippen LogP contribution in [0.3, 0.4) is 0 Å². The fourth-order valence-electron chi connectivity index (χ4n) is 7.38. The molecule has 4 aromatic carbocycles. The van der Waals surface area contributed by atoms with Crippen molar-refractivity contribution in [3.8, 4) is 0 Å². The number of morpholine rings is 2. The molecular formula is C42H42N12Na2O8S2. The van der Waals surface area contributed by atoms with Crippen molar-refractivity contribution in [3.63, 3.8) is 0 Å². The third kappa shape index (κ3) is 12.1. The van der Waals surface area contributed by atoms with Crippen molar-refractivity contribution in [2.45, 2.75) is 26.3 Å². The topological polar surface area (TPSA) is 247 Å². The van der Waals surface area contributed by atoms with Crippen molar-refractivity contribution >= 4 is 64.7 Å². The van der Waals surface area contributed by atoms with E-state index in [0.29, 0.717) is 0 Å². The Hall–Kier alpha value is -4.50. The van der Waals surface area contributed by atoms with Gasteiger partial charge in [-0.1, -0.05) is 77.9 Å². The van der Waals surface area contributed by atoms with Gasteiger partial charge in [0.05, 0.1) is 47.5 Å². The van der Waals surface area contributed by atoms with Crippen LogP contribution >= 0.6 is 0 Å². The predicted octanol–water partition coefficient (Wildman–Crippen LogP) is -1.76. The van der Waals surface area contributed by atoms with E-state index in [0.717, 1.165) is 22.5 Å². The second-order valence-corrected chi connectivity index (χ2v) is 17.3. The van der Waals surface area contributed by atoms with Gasteiger partial charge in [0.15, 0.2) is 0 Å². The van der Waals surface area contributed by atoms with E-state index in [-0.39, 0.29) is 127 Å². The quantitative estimate of drug-likeness (QED) is 0.0698. The van der Waals surface area contributed by atoms with Crippen molar-refractivity contribution in [1.29, 1.82) is 0 Å². The Morgan fingerprint density at radius 2 is 1.06 bits per heavy atom. The Labute approximate surface area is 426 Å². The molecule has 2 aromatic heterocycles. The first-order valence-corrected chi connectivity index (χ1v) is 22.7. The molecule has 0 aliphatic carbocycles. The molecule has 2 atom stereocenters. The number of aryl methyl sites for hydroxylation is 2. The van der Waals surface area contributed by atoms with Crippen LogP contribution in [0, 0.1) is 13.8 Å². The van der Waals surface area contributed by atoms with Crippen molar-refractivity contribution in [2.24, 2.45) is 0 Å². The molecule has 6 aromatic rings. The Kier molecular flexibility index (Phi) is 17.4. The maximum atomic E-state index is 13.8. The number of anilines is 6. The summed E-state index contributed by atoms with van der Waals surface area (Å²) >= 11 is 0. The van der Waals surface area contributed by atoms with E-state index in [2.05, 4.69) is 40.5 Å². The molecule has 0 spiro atoms. The number of ether oxygens (including phenoxy) is 2. The SMILES string of the molecule is Cc1ccc(NC2CN(N(c3ncncn3)c3cccc(C(=C(c4ccccc4)S(=O)(=O)[O-])S(=O)(=O)[O-])c3N(c3ncncn3)N3CCOC(Nc4ccc(C)cc4)C3)CCO2)cc1.[Na+].[Na+]. The summed E-state index contributed by atoms with van der Waals surface area (Å²) in [6, 6.07) is 26.6. The molecule has 2 aliphatic heterocycles. The molecule has 8 rings (SSSR count). The van der Waals surface area contributed by atoms with Gasteiger partial charge in [0.2, 0.25) is 11.9 Å². The van der Waals surface area contributed by atoms with Gasteiger partial charge in [-0.25, -0.2) is 46.8 Å². The van der Waals surface area contributed by atoms with Gasteiger partial charge >= 0.3 is 59.1 Å². The first-order valence-electron chi connectivity index (χ1n) is 19.9. The Bertz CT molecular complexity index is 2810. The van der Waals surface area contributed by atoms with Crippen LogP contribution < -0.4 is 79.8 Å². The van der Waals surface area contributed by atoms with E-state index in [4.69, 9.17) is 9.47 Å². The molecule has 2 N–H and O–H groups in total. The fourth-order valence-corrected chi connectivity index (χ4v) is 9.53. The normalized spacial score (nSPS) is 17.3. The molecule has 66 heavy (non-hydrogen) atoms. The average Bonchev–Trinajstić information content (AvgIpc) is 3.28. The minimum Gasteiger partial charge on any atom is -0.744 e. The first-order chi connectivity index (χ1) is 30.8. The van der Waals surface area contributed by atoms with Crippen LogP contribution in [0.5, 0.6) is 0 Å². The van der Waals surface area contributed by atoms with Crippen LogP contribution in [0.4, 0.5) is 34.6 Å². The van der Waals surface area contributed by atoms with Crippen LogP contribution in [0.25, 0.3) is 9.81 Å². The molecule has 2 saturated heterocycles. The molecule has 0 amide bonds. The summed E-state index contributed by atoms with van der Waals surface area (Å²) in [5.74, 6) is -0.0128. The summed E-state index contributed by atoms with van der Waals surface area (Å²) in [6.07, 6.45) is 3.73. The van der Waals surface area contributed by atoms with Gasteiger partial charge in [0.25, 0.3) is 0 Å². The first kappa shape index (κ1) is 50.9. The molecule has 2 aliphatic rings. The monoisotopic (exact) mass is 952 g/mol. The summed E-state index contributed by atoms with van der Waals surface area (Å²) in [5, 5.41) is 13.4. The van der Waals surface area contributed by atoms with Crippen LogP contribution in [0.1, 0.15) is 22.3 Å². The van der Waals surface area contributed by atoms with E-state index in [1.165, 1.54) is 66.7 Å². The average molecular weight is 953 g/mol. The Balaban J connectivity index is 0.00000360. The minimum atomic E-state index is -5.84. The number of aromatic nitrogens is 6. The van der Waals surface area contributed by atoms with Gasteiger partial charge in [0.1, 0.15) is 58.0 Å².